The SMILES string of the molecule is Cc1cccc2cc(CCC(=O)O)c(Cl)nc12. The molecule has 88 valence electrons. The Hall–Kier alpha value is -1.61. The van der Waals surface area contributed by atoms with Gasteiger partial charge in [-0.25, -0.2) is 4.98 Å². The minimum absolute atomic E-state index is 0.0682. The van der Waals surface area contributed by atoms with E-state index in [0.29, 0.717) is 11.6 Å². The highest BCUT2D eigenvalue weighted by Crippen LogP contribution is 2.23. The summed E-state index contributed by atoms with van der Waals surface area (Å²) < 4.78 is 0. The fraction of sp³-hybridized carbons (Fsp3) is 0.231. The quantitative estimate of drug-likeness (QED) is 0.850. The number of benzene rings is 1. The van der Waals surface area contributed by atoms with Crippen LogP contribution in [0, 0.1) is 6.92 Å². The van der Waals surface area contributed by atoms with Gasteiger partial charge in [0.25, 0.3) is 0 Å². The molecular weight excluding hydrogens is 238 g/mol. The van der Waals surface area contributed by atoms with E-state index >= 15 is 0 Å². The zero-order valence-corrected chi connectivity index (χ0v) is 10.2. The first-order valence-electron chi connectivity index (χ1n) is 5.34. The Balaban J connectivity index is 2.45. The van der Waals surface area contributed by atoms with Gasteiger partial charge in [0, 0.05) is 11.8 Å². The van der Waals surface area contributed by atoms with Crippen LogP contribution in [-0.2, 0) is 11.2 Å². The summed E-state index contributed by atoms with van der Waals surface area (Å²) in [6.07, 6.45) is 0.476. The summed E-state index contributed by atoms with van der Waals surface area (Å²) in [4.78, 5) is 14.9. The predicted molar refractivity (Wildman–Crippen MR) is 67.4 cm³/mol. The zero-order chi connectivity index (χ0) is 12.4. The summed E-state index contributed by atoms with van der Waals surface area (Å²) in [6.45, 7) is 1.97. The molecule has 0 aliphatic rings. The predicted octanol–water partition coefficient (Wildman–Crippen LogP) is 3.21. The number of aryl methyl sites for hydroxylation is 2. The van der Waals surface area contributed by atoms with Gasteiger partial charge in [-0.05, 0) is 30.5 Å². The van der Waals surface area contributed by atoms with Gasteiger partial charge in [0.05, 0.1) is 5.52 Å². The molecule has 0 fully saturated rings. The zero-order valence-electron chi connectivity index (χ0n) is 9.40. The van der Waals surface area contributed by atoms with Crippen molar-refractivity contribution in [2.45, 2.75) is 19.8 Å². The van der Waals surface area contributed by atoms with Gasteiger partial charge in [-0.15, -0.1) is 0 Å². The molecule has 2 rings (SSSR count). The highest BCUT2D eigenvalue weighted by Gasteiger charge is 2.08. The van der Waals surface area contributed by atoms with Crippen LogP contribution in [0.15, 0.2) is 24.3 Å². The van der Waals surface area contributed by atoms with E-state index in [1.54, 1.807) is 0 Å². The Morgan fingerprint density at radius 1 is 1.47 bits per heavy atom. The molecule has 1 N–H and O–H groups in total. The van der Waals surface area contributed by atoms with Gasteiger partial charge in [0.1, 0.15) is 5.15 Å². The van der Waals surface area contributed by atoms with Crippen LogP contribution in [0.25, 0.3) is 10.9 Å². The van der Waals surface area contributed by atoms with Gasteiger partial charge in [-0.1, -0.05) is 29.8 Å². The van der Waals surface area contributed by atoms with Gasteiger partial charge in [-0.2, -0.15) is 0 Å². The monoisotopic (exact) mass is 249 g/mol. The Morgan fingerprint density at radius 3 is 2.94 bits per heavy atom. The molecule has 0 bridgehead atoms. The Morgan fingerprint density at radius 2 is 2.24 bits per heavy atom. The topological polar surface area (TPSA) is 50.2 Å². The van der Waals surface area contributed by atoms with Crippen LogP contribution in [0.3, 0.4) is 0 Å². The fourth-order valence-corrected chi connectivity index (χ4v) is 2.02. The van der Waals surface area contributed by atoms with Gasteiger partial charge in [0.2, 0.25) is 0 Å². The maximum Gasteiger partial charge on any atom is 0.303 e. The van der Waals surface area contributed by atoms with Crippen molar-refractivity contribution in [3.63, 3.8) is 0 Å². The molecule has 3 nitrogen and oxygen atoms in total. The van der Waals surface area contributed by atoms with Crippen LogP contribution in [0.5, 0.6) is 0 Å². The number of fused-ring (bicyclic) bond motifs is 1. The number of pyridine rings is 1. The number of aliphatic carboxylic acids is 1. The molecule has 0 radical (unpaired) electrons. The summed E-state index contributed by atoms with van der Waals surface area (Å²) >= 11 is 6.05. The smallest absolute Gasteiger partial charge is 0.303 e. The van der Waals surface area contributed by atoms with E-state index in [0.717, 1.165) is 22.0 Å². The molecule has 17 heavy (non-hydrogen) atoms. The summed E-state index contributed by atoms with van der Waals surface area (Å²) in [7, 11) is 0. The average molecular weight is 250 g/mol. The molecular formula is C13H12ClNO2. The minimum atomic E-state index is -0.828. The molecule has 0 aliphatic heterocycles. The summed E-state index contributed by atoms with van der Waals surface area (Å²) in [6, 6.07) is 7.80. The number of carboxylic acids is 1. The maximum atomic E-state index is 10.5. The van der Waals surface area contributed by atoms with Crippen LogP contribution < -0.4 is 0 Å². The highest BCUT2D eigenvalue weighted by atomic mass is 35.5. The van der Waals surface area contributed by atoms with Crippen molar-refractivity contribution >= 4 is 28.5 Å². The number of carbonyl (C=O) groups is 1. The number of halogens is 1. The first kappa shape index (κ1) is 11.9. The van der Waals surface area contributed by atoms with Crippen molar-refractivity contribution in [2.24, 2.45) is 0 Å². The number of aromatic nitrogens is 1. The van der Waals surface area contributed by atoms with E-state index in [9.17, 15) is 4.79 Å². The first-order valence-corrected chi connectivity index (χ1v) is 5.72. The van der Waals surface area contributed by atoms with Crippen molar-refractivity contribution in [3.05, 3.63) is 40.5 Å². The molecule has 1 aromatic heterocycles. The van der Waals surface area contributed by atoms with Crippen LogP contribution in [-0.4, -0.2) is 16.1 Å². The lowest BCUT2D eigenvalue weighted by Crippen LogP contribution is -1.99. The lowest BCUT2D eigenvalue weighted by molar-refractivity contribution is -0.136. The number of carboxylic acid groups (broad SMARTS) is 1. The van der Waals surface area contributed by atoms with Crippen molar-refractivity contribution < 1.29 is 9.90 Å². The molecule has 1 heterocycles. The van der Waals surface area contributed by atoms with Gasteiger partial charge in [0.15, 0.2) is 0 Å². The third kappa shape index (κ3) is 2.56. The summed E-state index contributed by atoms with van der Waals surface area (Å²) in [5.41, 5.74) is 2.72. The van der Waals surface area contributed by atoms with E-state index in [1.807, 2.05) is 31.2 Å². The third-order valence-electron chi connectivity index (χ3n) is 2.68. The van der Waals surface area contributed by atoms with Gasteiger partial charge >= 0.3 is 5.97 Å². The standard InChI is InChI=1S/C13H12ClNO2/c1-8-3-2-4-9-7-10(5-6-11(16)17)13(14)15-12(8)9/h2-4,7H,5-6H2,1H3,(H,16,17). The number of para-hydroxylation sites is 1. The summed E-state index contributed by atoms with van der Waals surface area (Å²) in [5, 5.41) is 10.1. The largest absolute Gasteiger partial charge is 0.481 e. The maximum absolute atomic E-state index is 10.5. The minimum Gasteiger partial charge on any atom is -0.481 e. The molecule has 0 amide bonds. The molecule has 0 aliphatic carbocycles. The highest BCUT2D eigenvalue weighted by molar-refractivity contribution is 6.30. The van der Waals surface area contributed by atoms with E-state index in [4.69, 9.17) is 16.7 Å². The molecule has 0 spiro atoms. The second-order valence-electron chi connectivity index (χ2n) is 3.98. The molecule has 0 saturated heterocycles. The Labute approximate surface area is 104 Å². The number of rotatable bonds is 3. The van der Waals surface area contributed by atoms with Crippen molar-refractivity contribution in [2.75, 3.05) is 0 Å². The van der Waals surface area contributed by atoms with E-state index in [1.165, 1.54) is 0 Å². The molecule has 0 atom stereocenters. The summed E-state index contributed by atoms with van der Waals surface area (Å²) in [5.74, 6) is -0.828. The second-order valence-corrected chi connectivity index (χ2v) is 4.34. The van der Waals surface area contributed by atoms with E-state index in [2.05, 4.69) is 4.98 Å². The second kappa shape index (κ2) is 4.72. The Bertz CT molecular complexity index is 581. The lowest BCUT2D eigenvalue weighted by Gasteiger charge is -2.06. The fourth-order valence-electron chi connectivity index (χ4n) is 1.78. The molecule has 0 saturated carbocycles. The molecule has 2 aromatic rings. The number of hydrogen-bond acceptors (Lipinski definition) is 2. The van der Waals surface area contributed by atoms with Crippen LogP contribution >= 0.6 is 11.6 Å². The van der Waals surface area contributed by atoms with Crippen molar-refractivity contribution in [1.29, 1.82) is 0 Å². The number of nitrogens with zero attached hydrogens (tertiary/aromatic N) is 1. The first-order chi connectivity index (χ1) is 8.08. The molecule has 4 heteroatoms. The Kier molecular flexibility index (Phi) is 3.29. The molecule has 1 aromatic carbocycles. The van der Waals surface area contributed by atoms with Crippen molar-refractivity contribution in [3.8, 4) is 0 Å². The van der Waals surface area contributed by atoms with E-state index < -0.39 is 5.97 Å². The third-order valence-corrected chi connectivity index (χ3v) is 3.01. The van der Waals surface area contributed by atoms with E-state index in [-0.39, 0.29) is 6.42 Å². The number of hydrogen-bond donors (Lipinski definition) is 1. The molecule has 0 unspecified atom stereocenters. The average Bonchev–Trinajstić information content (AvgIpc) is 2.28. The van der Waals surface area contributed by atoms with Crippen LogP contribution in [0.2, 0.25) is 5.15 Å². The van der Waals surface area contributed by atoms with Crippen LogP contribution in [0.4, 0.5) is 0 Å². The lowest BCUT2D eigenvalue weighted by atomic mass is 10.1. The normalized spacial score (nSPS) is 10.7. The van der Waals surface area contributed by atoms with Crippen LogP contribution in [0.1, 0.15) is 17.5 Å². The van der Waals surface area contributed by atoms with Gasteiger partial charge < -0.3 is 5.11 Å². The van der Waals surface area contributed by atoms with Gasteiger partial charge in [-0.3, -0.25) is 4.79 Å². The van der Waals surface area contributed by atoms with Crippen molar-refractivity contribution in [1.82, 2.24) is 4.98 Å².